The fourth-order valence-electron chi connectivity index (χ4n) is 2.10. The summed E-state index contributed by atoms with van der Waals surface area (Å²) in [7, 11) is 3.66. The lowest BCUT2D eigenvalue weighted by molar-refractivity contribution is 0.0790. The summed E-state index contributed by atoms with van der Waals surface area (Å²) in [6, 6.07) is 4.50. The van der Waals surface area contributed by atoms with Gasteiger partial charge in [0.05, 0.1) is 5.56 Å². The van der Waals surface area contributed by atoms with Crippen molar-refractivity contribution in [2.45, 2.75) is 12.8 Å². The minimum atomic E-state index is -0.219. The molecule has 1 aromatic carbocycles. The van der Waals surface area contributed by atoms with Gasteiger partial charge in [-0.2, -0.15) is 0 Å². The number of phenolic OH excluding ortho intramolecular Hbond substituents is 1. The first-order chi connectivity index (χ1) is 9.99. The molecule has 0 aliphatic rings. The van der Waals surface area contributed by atoms with E-state index in [2.05, 4.69) is 4.98 Å². The predicted octanol–water partition coefficient (Wildman–Crippen LogP) is 2.48. The normalized spacial score (nSPS) is 10.6. The van der Waals surface area contributed by atoms with Gasteiger partial charge in [-0.05, 0) is 24.6 Å². The number of aromatic nitrogens is 2. The first kappa shape index (κ1) is 15.4. The van der Waals surface area contributed by atoms with E-state index in [-0.39, 0.29) is 17.2 Å². The maximum Gasteiger partial charge on any atom is 0.257 e. The van der Waals surface area contributed by atoms with Gasteiger partial charge in [-0.3, -0.25) is 4.79 Å². The van der Waals surface area contributed by atoms with E-state index in [1.807, 2.05) is 17.8 Å². The van der Waals surface area contributed by atoms with Crippen LogP contribution < -0.4 is 0 Å². The quantitative estimate of drug-likeness (QED) is 0.923. The van der Waals surface area contributed by atoms with E-state index in [9.17, 15) is 9.90 Å². The molecule has 1 heterocycles. The van der Waals surface area contributed by atoms with E-state index in [4.69, 9.17) is 11.6 Å². The topological polar surface area (TPSA) is 58.4 Å². The molecule has 2 aromatic rings. The van der Waals surface area contributed by atoms with Gasteiger partial charge >= 0.3 is 0 Å². The molecule has 5 nitrogen and oxygen atoms in total. The fraction of sp³-hybridized carbons (Fsp3) is 0.333. The Hall–Kier alpha value is -2.01. The molecule has 0 saturated carbocycles. The number of rotatable bonds is 5. The number of carbonyl (C=O) groups excluding carboxylic acids is 1. The number of aryl methyl sites for hydroxylation is 2. The zero-order chi connectivity index (χ0) is 15.4. The summed E-state index contributed by atoms with van der Waals surface area (Å²) < 4.78 is 1.97. The van der Waals surface area contributed by atoms with Crippen molar-refractivity contribution in [1.29, 1.82) is 0 Å². The van der Waals surface area contributed by atoms with Crippen LogP contribution in [0, 0.1) is 0 Å². The van der Waals surface area contributed by atoms with Crippen molar-refractivity contribution in [3.63, 3.8) is 0 Å². The van der Waals surface area contributed by atoms with Gasteiger partial charge in [0.15, 0.2) is 0 Å². The first-order valence-electron chi connectivity index (χ1n) is 6.69. The Morgan fingerprint density at radius 2 is 2.24 bits per heavy atom. The Morgan fingerprint density at radius 1 is 1.48 bits per heavy atom. The minimum Gasteiger partial charge on any atom is -0.507 e. The van der Waals surface area contributed by atoms with Crippen LogP contribution in [-0.2, 0) is 13.5 Å². The second-order valence-electron chi connectivity index (χ2n) is 4.95. The van der Waals surface area contributed by atoms with Gasteiger partial charge in [0.1, 0.15) is 11.6 Å². The number of phenols is 1. The Morgan fingerprint density at radius 3 is 2.86 bits per heavy atom. The minimum absolute atomic E-state index is 0.0940. The van der Waals surface area contributed by atoms with Crippen molar-refractivity contribution in [3.05, 3.63) is 47.0 Å². The molecule has 0 radical (unpaired) electrons. The van der Waals surface area contributed by atoms with Crippen LogP contribution in [0.3, 0.4) is 0 Å². The average Bonchev–Trinajstić information content (AvgIpc) is 2.83. The number of amides is 1. The highest BCUT2D eigenvalue weighted by Gasteiger charge is 2.15. The predicted molar refractivity (Wildman–Crippen MR) is 81.6 cm³/mol. The monoisotopic (exact) mass is 307 g/mol. The third-order valence-corrected chi connectivity index (χ3v) is 3.59. The van der Waals surface area contributed by atoms with Crippen LogP contribution in [0.4, 0.5) is 0 Å². The zero-order valence-corrected chi connectivity index (χ0v) is 12.8. The lowest BCUT2D eigenvalue weighted by Crippen LogP contribution is -2.28. The molecule has 6 heteroatoms. The summed E-state index contributed by atoms with van der Waals surface area (Å²) in [5, 5.41) is 10.2. The standard InChI is InChI=1S/C15H18ClN3O2/c1-18-9-7-17-14(18)4-3-8-19(2)15(21)12-6-5-11(16)10-13(12)20/h5-7,9-10,20H,3-4,8H2,1-2H3. The molecule has 0 aliphatic carbocycles. The van der Waals surface area contributed by atoms with Crippen LogP contribution in [0.15, 0.2) is 30.6 Å². The van der Waals surface area contributed by atoms with Crippen LogP contribution in [0.1, 0.15) is 22.6 Å². The van der Waals surface area contributed by atoms with Crippen molar-refractivity contribution in [2.24, 2.45) is 7.05 Å². The van der Waals surface area contributed by atoms with Crippen molar-refractivity contribution >= 4 is 17.5 Å². The molecule has 2 rings (SSSR count). The Kier molecular flexibility index (Phi) is 4.85. The van der Waals surface area contributed by atoms with Gasteiger partial charge in [-0.1, -0.05) is 11.6 Å². The van der Waals surface area contributed by atoms with E-state index >= 15 is 0 Å². The van der Waals surface area contributed by atoms with E-state index < -0.39 is 0 Å². The summed E-state index contributed by atoms with van der Waals surface area (Å²) in [5.74, 6) is 0.678. The van der Waals surface area contributed by atoms with Crippen molar-refractivity contribution in [3.8, 4) is 5.75 Å². The highest BCUT2D eigenvalue weighted by Crippen LogP contribution is 2.23. The lowest BCUT2D eigenvalue weighted by atomic mass is 10.1. The molecule has 0 bridgehead atoms. The van der Waals surface area contributed by atoms with Crippen molar-refractivity contribution in [1.82, 2.24) is 14.5 Å². The van der Waals surface area contributed by atoms with Gasteiger partial charge in [0, 0.05) is 44.5 Å². The number of halogens is 1. The number of hydrogen-bond acceptors (Lipinski definition) is 3. The van der Waals surface area contributed by atoms with E-state index in [0.717, 1.165) is 18.7 Å². The summed E-state index contributed by atoms with van der Waals surface area (Å²) in [4.78, 5) is 18.1. The molecule has 1 amide bonds. The first-order valence-corrected chi connectivity index (χ1v) is 7.07. The van der Waals surface area contributed by atoms with E-state index in [1.54, 1.807) is 24.2 Å². The molecular formula is C15H18ClN3O2. The van der Waals surface area contributed by atoms with Gasteiger partial charge in [-0.25, -0.2) is 4.98 Å². The van der Waals surface area contributed by atoms with Gasteiger partial charge < -0.3 is 14.6 Å². The molecule has 1 aromatic heterocycles. The van der Waals surface area contributed by atoms with Gasteiger partial charge in [0.2, 0.25) is 0 Å². The largest absolute Gasteiger partial charge is 0.507 e. The van der Waals surface area contributed by atoms with Gasteiger partial charge in [0.25, 0.3) is 5.91 Å². The molecule has 0 aliphatic heterocycles. The molecule has 21 heavy (non-hydrogen) atoms. The second-order valence-corrected chi connectivity index (χ2v) is 5.38. The summed E-state index contributed by atoms with van der Waals surface area (Å²) in [6.45, 7) is 0.591. The van der Waals surface area contributed by atoms with Crippen LogP contribution in [-0.4, -0.2) is 39.1 Å². The SMILES string of the molecule is CN(CCCc1nccn1C)C(=O)c1ccc(Cl)cc1O. The number of nitrogens with zero attached hydrogens (tertiary/aromatic N) is 3. The highest BCUT2D eigenvalue weighted by molar-refractivity contribution is 6.30. The van der Waals surface area contributed by atoms with Crippen LogP contribution >= 0.6 is 11.6 Å². The Balaban J connectivity index is 1.92. The van der Waals surface area contributed by atoms with Crippen molar-refractivity contribution < 1.29 is 9.90 Å². The Bertz CT molecular complexity index is 640. The molecule has 0 unspecified atom stereocenters. The van der Waals surface area contributed by atoms with Crippen molar-refractivity contribution in [2.75, 3.05) is 13.6 Å². The average molecular weight is 308 g/mol. The maximum absolute atomic E-state index is 12.2. The van der Waals surface area contributed by atoms with Crippen LogP contribution in [0.2, 0.25) is 5.02 Å². The number of benzene rings is 1. The maximum atomic E-state index is 12.2. The molecule has 0 saturated heterocycles. The second kappa shape index (κ2) is 6.63. The third kappa shape index (κ3) is 3.76. The number of aromatic hydroxyl groups is 1. The summed E-state index contributed by atoms with van der Waals surface area (Å²) >= 11 is 5.76. The van der Waals surface area contributed by atoms with Gasteiger partial charge in [-0.15, -0.1) is 0 Å². The van der Waals surface area contributed by atoms with E-state index in [0.29, 0.717) is 11.6 Å². The molecule has 0 fully saturated rings. The highest BCUT2D eigenvalue weighted by atomic mass is 35.5. The molecule has 112 valence electrons. The molecular weight excluding hydrogens is 290 g/mol. The fourth-order valence-corrected chi connectivity index (χ4v) is 2.27. The van der Waals surface area contributed by atoms with Crippen LogP contribution in [0.5, 0.6) is 5.75 Å². The number of imidazole rings is 1. The van der Waals surface area contributed by atoms with Crippen LogP contribution in [0.25, 0.3) is 0 Å². The summed E-state index contributed by atoms with van der Waals surface area (Å²) in [5.41, 5.74) is 0.263. The third-order valence-electron chi connectivity index (χ3n) is 3.35. The molecule has 1 N–H and O–H groups in total. The smallest absolute Gasteiger partial charge is 0.257 e. The molecule has 0 atom stereocenters. The van der Waals surface area contributed by atoms with E-state index in [1.165, 1.54) is 12.1 Å². The zero-order valence-electron chi connectivity index (χ0n) is 12.1. The Labute approximate surface area is 128 Å². The lowest BCUT2D eigenvalue weighted by Gasteiger charge is -2.17. The summed E-state index contributed by atoms with van der Waals surface area (Å²) in [6.07, 6.45) is 5.26. The molecule has 0 spiro atoms. The number of carbonyl (C=O) groups is 1. The number of hydrogen-bond donors (Lipinski definition) is 1.